The molecular formula is C6H6Br2N4O. The molecule has 1 heterocycles. The van der Waals surface area contributed by atoms with Gasteiger partial charge in [0.05, 0.1) is 25.1 Å². The second-order valence-electron chi connectivity index (χ2n) is 2.35. The zero-order valence-electron chi connectivity index (χ0n) is 6.48. The largest absolute Gasteiger partial charge is 0.390 e. The minimum atomic E-state index is -0.713. The second kappa shape index (κ2) is 4.69. The van der Waals surface area contributed by atoms with Crippen molar-refractivity contribution in [3.63, 3.8) is 0 Å². The zero-order chi connectivity index (χ0) is 9.84. The molecule has 0 aliphatic heterocycles. The van der Waals surface area contributed by atoms with Gasteiger partial charge in [0, 0.05) is 0 Å². The lowest BCUT2D eigenvalue weighted by Gasteiger charge is -2.05. The van der Waals surface area contributed by atoms with Crippen molar-refractivity contribution in [3.05, 3.63) is 9.47 Å². The van der Waals surface area contributed by atoms with Crippen LogP contribution in [0.4, 0.5) is 0 Å². The lowest BCUT2D eigenvalue weighted by atomic mass is 10.3. The van der Waals surface area contributed by atoms with Gasteiger partial charge in [-0.25, -0.2) is 4.68 Å². The van der Waals surface area contributed by atoms with Crippen molar-refractivity contribution < 1.29 is 5.11 Å². The Balaban J connectivity index is 2.64. The molecule has 0 radical (unpaired) electrons. The molecule has 0 aliphatic carbocycles. The van der Waals surface area contributed by atoms with E-state index in [4.69, 9.17) is 5.26 Å². The average molecular weight is 310 g/mol. The Labute approximate surface area is 91.6 Å². The maximum absolute atomic E-state index is 9.29. The molecule has 0 amide bonds. The Kier molecular flexibility index (Phi) is 3.84. The number of aliphatic hydroxyl groups is 1. The first kappa shape index (κ1) is 10.6. The van der Waals surface area contributed by atoms with E-state index in [1.54, 1.807) is 0 Å². The smallest absolute Gasteiger partial charge is 0.218 e. The van der Waals surface area contributed by atoms with Crippen LogP contribution in [0.25, 0.3) is 0 Å². The molecule has 7 heteroatoms. The molecule has 5 nitrogen and oxygen atoms in total. The molecule has 0 aromatic carbocycles. The predicted molar refractivity (Wildman–Crippen MR) is 51.7 cm³/mol. The number of aliphatic hydroxyl groups excluding tert-OH is 1. The van der Waals surface area contributed by atoms with Crippen molar-refractivity contribution >= 4 is 31.9 Å². The fourth-order valence-electron chi connectivity index (χ4n) is 0.783. The van der Waals surface area contributed by atoms with Crippen LogP contribution in [0.1, 0.15) is 6.42 Å². The first-order chi connectivity index (χ1) is 6.13. The molecule has 0 aliphatic rings. The van der Waals surface area contributed by atoms with E-state index in [9.17, 15) is 5.11 Å². The van der Waals surface area contributed by atoms with Crippen LogP contribution in [0.15, 0.2) is 9.47 Å². The number of rotatable bonds is 3. The molecule has 13 heavy (non-hydrogen) atoms. The van der Waals surface area contributed by atoms with E-state index in [0.717, 1.165) is 0 Å². The number of nitrogens with zero attached hydrogens (tertiary/aromatic N) is 4. The summed E-state index contributed by atoms with van der Waals surface area (Å²) in [5.41, 5.74) is 0. The van der Waals surface area contributed by atoms with Gasteiger partial charge < -0.3 is 5.11 Å². The monoisotopic (exact) mass is 308 g/mol. The highest BCUT2D eigenvalue weighted by atomic mass is 79.9. The minimum absolute atomic E-state index is 0.0872. The van der Waals surface area contributed by atoms with E-state index >= 15 is 0 Å². The number of aromatic nitrogens is 3. The third kappa shape index (κ3) is 3.06. The lowest BCUT2D eigenvalue weighted by Crippen LogP contribution is -2.16. The third-order valence-electron chi connectivity index (χ3n) is 1.31. The SMILES string of the molecule is N#CC[C@@H](O)Cn1nc(Br)nc1Br. The van der Waals surface area contributed by atoms with Gasteiger partial charge in [0.15, 0.2) is 4.73 Å². The van der Waals surface area contributed by atoms with Gasteiger partial charge in [-0.2, -0.15) is 10.2 Å². The van der Waals surface area contributed by atoms with Crippen LogP contribution >= 0.6 is 31.9 Å². The molecule has 0 saturated carbocycles. The maximum Gasteiger partial charge on any atom is 0.218 e. The normalized spacial score (nSPS) is 12.5. The fraction of sp³-hybridized carbons (Fsp3) is 0.500. The summed E-state index contributed by atoms with van der Waals surface area (Å²) in [6.45, 7) is 0.257. The van der Waals surface area contributed by atoms with Crippen LogP contribution in [0.3, 0.4) is 0 Å². The average Bonchev–Trinajstić information content (AvgIpc) is 2.30. The van der Waals surface area contributed by atoms with Gasteiger partial charge in [0.25, 0.3) is 0 Å². The molecule has 1 aromatic rings. The van der Waals surface area contributed by atoms with Crippen molar-refractivity contribution in [1.29, 1.82) is 5.26 Å². The summed E-state index contributed by atoms with van der Waals surface area (Å²) in [6, 6.07) is 1.88. The molecule has 1 atom stereocenters. The summed E-state index contributed by atoms with van der Waals surface area (Å²) in [5, 5.41) is 21.5. The van der Waals surface area contributed by atoms with Crippen LogP contribution in [0.2, 0.25) is 0 Å². The third-order valence-corrected chi connectivity index (χ3v) is 2.23. The van der Waals surface area contributed by atoms with Gasteiger partial charge in [-0.15, -0.1) is 5.10 Å². The Hall–Kier alpha value is -0.450. The highest BCUT2D eigenvalue weighted by Crippen LogP contribution is 2.11. The van der Waals surface area contributed by atoms with E-state index in [-0.39, 0.29) is 13.0 Å². The van der Waals surface area contributed by atoms with Crippen LogP contribution in [0, 0.1) is 11.3 Å². The van der Waals surface area contributed by atoms with Crippen molar-refractivity contribution in [2.75, 3.05) is 0 Å². The van der Waals surface area contributed by atoms with Gasteiger partial charge in [0.1, 0.15) is 0 Å². The number of nitriles is 1. The summed E-state index contributed by atoms with van der Waals surface area (Å²) in [7, 11) is 0. The van der Waals surface area contributed by atoms with Crippen molar-refractivity contribution in [2.24, 2.45) is 0 Å². The molecule has 1 rings (SSSR count). The molecule has 0 fully saturated rings. The van der Waals surface area contributed by atoms with E-state index in [1.165, 1.54) is 4.68 Å². The van der Waals surface area contributed by atoms with E-state index in [1.807, 2.05) is 6.07 Å². The number of halogens is 2. The van der Waals surface area contributed by atoms with Gasteiger partial charge in [-0.1, -0.05) is 0 Å². The molecule has 0 unspecified atom stereocenters. The summed E-state index contributed by atoms with van der Waals surface area (Å²) in [6.07, 6.45) is -0.626. The first-order valence-corrected chi connectivity index (χ1v) is 5.03. The highest BCUT2D eigenvalue weighted by Gasteiger charge is 2.09. The van der Waals surface area contributed by atoms with E-state index < -0.39 is 6.10 Å². The Morgan fingerprint density at radius 3 is 2.77 bits per heavy atom. The molecule has 0 bridgehead atoms. The van der Waals surface area contributed by atoms with Gasteiger partial charge in [-0.3, -0.25) is 0 Å². The van der Waals surface area contributed by atoms with Gasteiger partial charge >= 0.3 is 0 Å². The lowest BCUT2D eigenvalue weighted by molar-refractivity contribution is 0.153. The zero-order valence-corrected chi connectivity index (χ0v) is 9.66. The second-order valence-corrected chi connectivity index (χ2v) is 3.77. The van der Waals surface area contributed by atoms with Crippen molar-refractivity contribution in [3.8, 4) is 6.07 Å². The Bertz CT molecular complexity index is 332. The van der Waals surface area contributed by atoms with Crippen LogP contribution in [-0.2, 0) is 6.54 Å². The topological polar surface area (TPSA) is 74.7 Å². The Morgan fingerprint density at radius 2 is 2.31 bits per heavy atom. The molecule has 0 saturated heterocycles. The number of hydrogen-bond acceptors (Lipinski definition) is 4. The fourth-order valence-corrected chi connectivity index (χ4v) is 1.77. The van der Waals surface area contributed by atoms with Gasteiger partial charge in [0.2, 0.25) is 4.73 Å². The molecule has 70 valence electrons. The van der Waals surface area contributed by atoms with E-state index in [0.29, 0.717) is 9.47 Å². The summed E-state index contributed by atoms with van der Waals surface area (Å²) >= 11 is 6.25. The predicted octanol–water partition coefficient (Wildman–Crippen LogP) is 1.08. The maximum atomic E-state index is 9.29. The standard InChI is InChI=1S/C6H6Br2N4O/c7-5-10-6(8)12(11-5)3-4(13)1-2-9/h4,13H,1,3H2/t4-/m1/s1. The minimum Gasteiger partial charge on any atom is -0.390 e. The first-order valence-electron chi connectivity index (χ1n) is 3.44. The van der Waals surface area contributed by atoms with Crippen LogP contribution < -0.4 is 0 Å². The van der Waals surface area contributed by atoms with Gasteiger partial charge in [-0.05, 0) is 31.9 Å². The molecule has 1 N–H and O–H groups in total. The molecule has 0 spiro atoms. The quantitative estimate of drug-likeness (QED) is 0.906. The summed E-state index contributed by atoms with van der Waals surface area (Å²) in [5.74, 6) is 0. The summed E-state index contributed by atoms with van der Waals surface area (Å²) < 4.78 is 2.45. The van der Waals surface area contributed by atoms with Crippen molar-refractivity contribution in [2.45, 2.75) is 19.1 Å². The summed E-state index contributed by atoms with van der Waals surface area (Å²) in [4.78, 5) is 3.92. The molecular weight excluding hydrogens is 304 g/mol. The number of hydrogen-bond donors (Lipinski definition) is 1. The van der Waals surface area contributed by atoms with Crippen molar-refractivity contribution in [1.82, 2.24) is 14.8 Å². The highest BCUT2D eigenvalue weighted by molar-refractivity contribution is 9.11. The van der Waals surface area contributed by atoms with Crippen LogP contribution in [-0.4, -0.2) is 26.0 Å². The Morgan fingerprint density at radius 1 is 1.62 bits per heavy atom. The van der Waals surface area contributed by atoms with E-state index in [2.05, 4.69) is 41.9 Å². The molecule has 1 aromatic heterocycles. The van der Waals surface area contributed by atoms with Crippen LogP contribution in [0.5, 0.6) is 0 Å².